The lowest BCUT2D eigenvalue weighted by Gasteiger charge is -2.26. The normalized spacial score (nSPS) is 18.9. The van der Waals surface area contributed by atoms with Crippen LogP contribution in [-0.2, 0) is 33.7 Å². The Morgan fingerprint density at radius 1 is 1.23 bits per heavy atom. The van der Waals surface area contributed by atoms with Gasteiger partial charge >= 0.3 is 5.97 Å². The number of carboxylic acid groups (broad SMARTS) is 1. The molecule has 1 aromatic carbocycles. The van der Waals surface area contributed by atoms with Gasteiger partial charge in [0.25, 0.3) is 0 Å². The van der Waals surface area contributed by atoms with Crippen molar-refractivity contribution in [2.24, 2.45) is 0 Å². The van der Waals surface area contributed by atoms with E-state index in [0.717, 1.165) is 61.9 Å². The quantitative estimate of drug-likeness (QED) is 0.429. The average molecular weight is 482 g/mol. The van der Waals surface area contributed by atoms with Crippen LogP contribution in [0.4, 0.5) is 5.69 Å². The Hall–Kier alpha value is -2.48. The van der Waals surface area contributed by atoms with Crippen molar-refractivity contribution in [3.63, 3.8) is 0 Å². The molecule has 1 unspecified atom stereocenters. The van der Waals surface area contributed by atoms with Crippen LogP contribution in [0.25, 0.3) is 0 Å². The van der Waals surface area contributed by atoms with Crippen LogP contribution in [0.15, 0.2) is 36.4 Å². The second-order valence-corrected chi connectivity index (χ2v) is 9.86. The third kappa shape index (κ3) is 7.03. The molecule has 2 aliphatic rings. The summed E-state index contributed by atoms with van der Waals surface area (Å²) in [5.41, 5.74) is 5.28. The first-order chi connectivity index (χ1) is 17.0. The van der Waals surface area contributed by atoms with Gasteiger partial charge in [0.2, 0.25) is 0 Å². The number of fused-ring (bicyclic) bond motifs is 1. The number of hydrogen-bond acceptors (Lipinski definition) is 6. The zero-order valence-electron chi connectivity index (χ0n) is 21.0. The molecule has 0 radical (unpaired) electrons. The Balaban J connectivity index is 1.24. The number of aromatic nitrogens is 1. The van der Waals surface area contributed by atoms with Crippen LogP contribution in [0, 0.1) is 0 Å². The molecule has 190 valence electrons. The smallest absolute Gasteiger partial charge is 0.325 e. The van der Waals surface area contributed by atoms with Crippen LogP contribution >= 0.6 is 0 Å². The SMILES string of the molecule is CC(C)OCc1ccccc1C(C(=O)O)N1CC[C@@H](OCCCCc2ccc3c(n2)CCCN3)C1. The number of unbranched alkanes of at least 4 members (excludes halogenated alkanes) is 1. The van der Waals surface area contributed by atoms with Gasteiger partial charge in [-0.2, -0.15) is 0 Å². The second-order valence-electron chi connectivity index (χ2n) is 9.86. The number of pyridine rings is 1. The van der Waals surface area contributed by atoms with Gasteiger partial charge < -0.3 is 19.9 Å². The lowest BCUT2D eigenvalue weighted by Crippen LogP contribution is -2.34. The minimum atomic E-state index is -0.824. The number of likely N-dealkylation sites (tertiary alicyclic amines) is 1. The van der Waals surface area contributed by atoms with Crippen LogP contribution < -0.4 is 5.32 Å². The highest BCUT2D eigenvalue weighted by Crippen LogP contribution is 2.30. The van der Waals surface area contributed by atoms with E-state index < -0.39 is 12.0 Å². The van der Waals surface area contributed by atoms with Gasteiger partial charge in [0.1, 0.15) is 6.04 Å². The molecule has 3 heterocycles. The van der Waals surface area contributed by atoms with Crippen molar-refractivity contribution in [1.82, 2.24) is 9.88 Å². The maximum atomic E-state index is 12.3. The van der Waals surface area contributed by atoms with Crippen LogP contribution in [0.2, 0.25) is 0 Å². The molecule has 7 nitrogen and oxygen atoms in total. The molecule has 1 saturated heterocycles. The maximum Gasteiger partial charge on any atom is 0.325 e. The molecule has 1 fully saturated rings. The van der Waals surface area contributed by atoms with Gasteiger partial charge in [0, 0.05) is 31.9 Å². The van der Waals surface area contributed by atoms with E-state index in [-0.39, 0.29) is 12.2 Å². The Kier molecular flexibility index (Phi) is 9.12. The van der Waals surface area contributed by atoms with Gasteiger partial charge in [0.05, 0.1) is 30.2 Å². The van der Waals surface area contributed by atoms with E-state index in [4.69, 9.17) is 14.5 Å². The Labute approximate surface area is 208 Å². The molecule has 2 aliphatic heterocycles. The van der Waals surface area contributed by atoms with Crippen molar-refractivity contribution < 1.29 is 19.4 Å². The van der Waals surface area contributed by atoms with Gasteiger partial charge in [0.15, 0.2) is 0 Å². The highest BCUT2D eigenvalue weighted by molar-refractivity contribution is 5.76. The minimum absolute atomic E-state index is 0.0730. The summed E-state index contributed by atoms with van der Waals surface area (Å²) in [6, 6.07) is 11.3. The van der Waals surface area contributed by atoms with Gasteiger partial charge in [-0.15, -0.1) is 0 Å². The van der Waals surface area contributed by atoms with E-state index in [0.29, 0.717) is 26.3 Å². The van der Waals surface area contributed by atoms with E-state index in [1.54, 1.807) is 0 Å². The summed E-state index contributed by atoms with van der Waals surface area (Å²) >= 11 is 0. The number of ether oxygens (including phenoxy) is 2. The molecular weight excluding hydrogens is 442 g/mol. The Morgan fingerprint density at radius 3 is 2.91 bits per heavy atom. The van der Waals surface area contributed by atoms with E-state index in [2.05, 4.69) is 17.4 Å². The number of nitrogens with one attached hydrogen (secondary N) is 1. The number of aliphatic carboxylic acids is 1. The molecular formula is C28H39N3O4. The van der Waals surface area contributed by atoms with Crippen molar-refractivity contribution in [3.05, 3.63) is 58.9 Å². The molecule has 2 N–H and O–H groups in total. The molecule has 35 heavy (non-hydrogen) atoms. The number of rotatable bonds is 12. The fourth-order valence-corrected chi connectivity index (χ4v) is 4.97. The first-order valence-electron chi connectivity index (χ1n) is 13.0. The predicted octanol–water partition coefficient (Wildman–Crippen LogP) is 4.60. The molecule has 0 bridgehead atoms. The molecule has 0 spiro atoms. The number of benzene rings is 1. The van der Waals surface area contributed by atoms with Crippen LogP contribution in [0.1, 0.15) is 68.1 Å². The first kappa shape index (κ1) is 25.6. The number of carbonyl (C=O) groups is 1. The van der Waals surface area contributed by atoms with Crippen molar-refractivity contribution in [3.8, 4) is 0 Å². The molecule has 4 rings (SSSR count). The van der Waals surface area contributed by atoms with Crippen LogP contribution in [0.3, 0.4) is 0 Å². The van der Waals surface area contributed by atoms with Gasteiger partial charge in [-0.1, -0.05) is 24.3 Å². The molecule has 0 saturated carbocycles. The standard InChI is InChI=1S/C28H39N3O4/c1-20(2)35-19-21-8-3-4-10-24(21)27(28(32)33)31-16-14-23(18-31)34-17-6-5-9-22-12-13-25-26(30-22)11-7-15-29-25/h3-4,8,10,12-13,20,23,27,29H,5-7,9,11,14-19H2,1-2H3,(H,32,33)/t23-,27?/m1/s1. The number of carboxylic acids is 1. The first-order valence-corrected chi connectivity index (χ1v) is 13.0. The largest absolute Gasteiger partial charge is 0.480 e. The molecule has 7 heteroatoms. The van der Waals surface area contributed by atoms with E-state index >= 15 is 0 Å². The van der Waals surface area contributed by atoms with Crippen molar-refractivity contribution >= 4 is 11.7 Å². The van der Waals surface area contributed by atoms with E-state index in [9.17, 15) is 9.90 Å². The zero-order valence-corrected chi connectivity index (χ0v) is 21.0. The highest BCUT2D eigenvalue weighted by atomic mass is 16.5. The summed E-state index contributed by atoms with van der Waals surface area (Å²) in [7, 11) is 0. The third-order valence-corrected chi connectivity index (χ3v) is 6.82. The number of nitrogens with zero attached hydrogens (tertiary/aromatic N) is 2. The molecule has 2 aromatic rings. The zero-order chi connectivity index (χ0) is 24.6. The van der Waals surface area contributed by atoms with E-state index in [1.807, 2.05) is 43.0 Å². The summed E-state index contributed by atoms with van der Waals surface area (Å²) in [6.45, 7) is 7.48. The van der Waals surface area contributed by atoms with Gasteiger partial charge in [-0.25, -0.2) is 0 Å². The van der Waals surface area contributed by atoms with Gasteiger partial charge in [-0.3, -0.25) is 14.7 Å². The summed E-state index contributed by atoms with van der Waals surface area (Å²) in [5.74, 6) is -0.824. The van der Waals surface area contributed by atoms with Crippen LogP contribution in [-0.4, -0.2) is 59.4 Å². The lowest BCUT2D eigenvalue weighted by molar-refractivity contribution is -0.143. The molecule has 1 aromatic heterocycles. The van der Waals surface area contributed by atoms with Crippen molar-refractivity contribution in [2.75, 3.05) is 31.6 Å². The summed E-state index contributed by atoms with van der Waals surface area (Å²) < 4.78 is 11.9. The lowest BCUT2D eigenvalue weighted by atomic mass is 9.99. The Morgan fingerprint density at radius 2 is 2.09 bits per heavy atom. The number of hydrogen-bond donors (Lipinski definition) is 2. The molecule has 2 atom stereocenters. The van der Waals surface area contributed by atoms with Crippen molar-refractivity contribution in [1.29, 1.82) is 0 Å². The van der Waals surface area contributed by atoms with Crippen LogP contribution in [0.5, 0.6) is 0 Å². The molecule has 0 amide bonds. The fourth-order valence-electron chi connectivity index (χ4n) is 4.97. The molecule has 0 aliphatic carbocycles. The maximum absolute atomic E-state index is 12.3. The monoisotopic (exact) mass is 481 g/mol. The number of aryl methyl sites for hydroxylation is 2. The number of anilines is 1. The van der Waals surface area contributed by atoms with Gasteiger partial charge in [-0.05, 0) is 75.6 Å². The topological polar surface area (TPSA) is 83.9 Å². The second kappa shape index (κ2) is 12.5. The summed E-state index contributed by atoms with van der Waals surface area (Å²) in [4.78, 5) is 19.1. The Bertz CT molecular complexity index is 980. The highest BCUT2D eigenvalue weighted by Gasteiger charge is 2.35. The minimum Gasteiger partial charge on any atom is -0.480 e. The van der Waals surface area contributed by atoms with E-state index in [1.165, 1.54) is 11.4 Å². The summed E-state index contributed by atoms with van der Waals surface area (Å²) in [6.07, 6.45) is 6.21. The summed E-state index contributed by atoms with van der Waals surface area (Å²) in [5, 5.41) is 13.5. The average Bonchev–Trinajstić information content (AvgIpc) is 3.31. The predicted molar refractivity (Wildman–Crippen MR) is 137 cm³/mol. The van der Waals surface area contributed by atoms with Crippen molar-refractivity contribution in [2.45, 2.75) is 77.2 Å². The fraction of sp³-hybridized carbons (Fsp3) is 0.571. The third-order valence-electron chi connectivity index (χ3n) is 6.82.